The summed E-state index contributed by atoms with van der Waals surface area (Å²) >= 11 is 0. The van der Waals surface area contributed by atoms with E-state index < -0.39 is 0 Å². The van der Waals surface area contributed by atoms with Crippen LogP contribution in [0.15, 0.2) is 18.2 Å². The molecule has 0 unspecified atom stereocenters. The van der Waals surface area contributed by atoms with Gasteiger partial charge in [-0.1, -0.05) is 38.5 Å². The number of halogens is 1. The molecule has 1 aromatic rings. The van der Waals surface area contributed by atoms with Crippen LogP contribution in [0.4, 0.5) is 0 Å². The van der Waals surface area contributed by atoms with Gasteiger partial charge in [0.2, 0.25) is 0 Å². The minimum absolute atomic E-state index is 0. The fraction of sp³-hybridized carbons (Fsp3) is 0.538. The number of benzene rings is 1. The third kappa shape index (κ3) is 4.03. The lowest BCUT2D eigenvalue weighted by Gasteiger charge is -2.23. The largest absolute Gasteiger partial charge is 0.492 e. The molecule has 3 heteroatoms. The highest BCUT2D eigenvalue weighted by Gasteiger charge is 2.18. The quantitative estimate of drug-likeness (QED) is 0.886. The summed E-state index contributed by atoms with van der Waals surface area (Å²) < 4.78 is 5.64. The summed E-state index contributed by atoms with van der Waals surface area (Å²) in [5, 5.41) is 0. The average Bonchev–Trinajstić information content (AvgIpc) is 2.14. The van der Waals surface area contributed by atoms with Gasteiger partial charge in [-0.3, -0.25) is 0 Å². The molecule has 92 valence electrons. The van der Waals surface area contributed by atoms with E-state index in [-0.39, 0.29) is 17.8 Å². The molecule has 0 aromatic heterocycles. The van der Waals surface area contributed by atoms with Crippen molar-refractivity contribution in [1.29, 1.82) is 0 Å². The van der Waals surface area contributed by atoms with E-state index in [1.807, 2.05) is 6.07 Å². The van der Waals surface area contributed by atoms with Gasteiger partial charge in [-0.05, 0) is 24.0 Å². The molecule has 1 aromatic carbocycles. The molecule has 16 heavy (non-hydrogen) atoms. The number of ether oxygens (including phenoxy) is 1. The van der Waals surface area contributed by atoms with Gasteiger partial charge < -0.3 is 10.5 Å². The fourth-order valence-electron chi connectivity index (χ4n) is 1.52. The summed E-state index contributed by atoms with van der Waals surface area (Å²) in [6.07, 6.45) is 0. The normalized spacial score (nSPS) is 10.8. The Hall–Kier alpha value is -0.730. The molecule has 0 aliphatic rings. The van der Waals surface area contributed by atoms with E-state index in [2.05, 4.69) is 39.8 Å². The number of aryl methyl sites for hydroxylation is 1. The number of rotatable bonds is 3. The molecule has 0 aliphatic heterocycles. The van der Waals surface area contributed by atoms with Crippen molar-refractivity contribution >= 4 is 12.4 Å². The van der Waals surface area contributed by atoms with Crippen LogP contribution in [0.25, 0.3) is 0 Å². The smallest absolute Gasteiger partial charge is 0.123 e. The minimum Gasteiger partial charge on any atom is -0.492 e. The van der Waals surface area contributed by atoms with Crippen LogP contribution < -0.4 is 10.5 Å². The summed E-state index contributed by atoms with van der Waals surface area (Å²) in [6, 6.07) is 6.29. The summed E-state index contributed by atoms with van der Waals surface area (Å²) in [7, 11) is 0. The Morgan fingerprint density at radius 2 is 1.88 bits per heavy atom. The molecule has 0 radical (unpaired) electrons. The van der Waals surface area contributed by atoms with E-state index in [0.29, 0.717) is 13.2 Å². The Morgan fingerprint density at radius 3 is 2.38 bits per heavy atom. The zero-order valence-electron chi connectivity index (χ0n) is 10.5. The average molecular weight is 244 g/mol. The standard InChI is InChI=1S/C13H21NO.ClH/c1-10-5-6-12(15-8-7-14)11(9-10)13(2,3)4;/h5-6,9H,7-8,14H2,1-4H3;1H. The summed E-state index contributed by atoms with van der Waals surface area (Å²) in [6.45, 7) is 9.80. The van der Waals surface area contributed by atoms with Crippen molar-refractivity contribution in [2.24, 2.45) is 5.73 Å². The molecular weight excluding hydrogens is 222 g/mol. The van der Waals surface area contributed by atoms with E-state index in [4.69, 9.17) is 10.5 Å². The van der Waals surface area contributed by atoms with Gasteiger partial charge >= 0.3 is 0 Å². The molecule has 0 atom stereocenters. The summed E-state index contributed by atoms with van der Waals surface area (Å²) in [5.74, 6) is 0.957. The van der Waals surface area contributed by atoms with Gasteiger partial charge in [-0.25, -0.2) is 0 Å². The fourth-order valence-corrected chi connectivity index (χ4v) is 1.52. The molecule has 0 heterocycles. The first kappa shape index (κ1) is 15.3. The predicted molar refractivity (Wildman–Crippen MR) is 71.7 cm³/mol. The maximum atomic E-state index is 5.64. The lowest BCUT2D eigenvalue weighted by atomic mass is 9.85. The lowest BCUT2D eigenvalue weighted by Crippen LogP contribution is -2.16. The first-order chi connectivity index (χ1) is 6.95. The van der Waals surface area contributed by atoms with Crippen molar-refractivity contribution in [3.05, 3.63) is 29.3 Å². The van der Waals surface area contributed by atoms with Crippen LogP contribution in [-0.4, -0.2) is 13.2 Å². The highest BCUT2D eigenvalue weighted by atomic mass is 35.5. The second-order valence-corrected chi connectivity index (χ2v) is 4.89. The van der Waals surface area contributed by atoms with Gasteiger partial charge in [0.25, 0.3) is 0 Å². The molecule has 0 spiro atoms. The van der Waals surface area contributed by atoms with Crippen molar-refractivity contribution in [3.63, 3.8) is 0 Å². The van der Waals surface area contributed by atoms with Crippen molar-refractivity contribution in [2.75, 3.05) is 13.2 Å². The maximum Gasteiger partial charge on any atom is 0.123 e. The Kier molecular flexibility index (Phi) is 5.84. The van der Waals surface area contributed by atoms with E-state index in [0.717, 1.165) is 5.75 Å². The predicted octanol–water partition coefficient (Wildman–Crippen LogP) is 3.05. The molecule has 0 fully saturated rings. The number of hydrogen-bond donors (Lipinski definition) is 1. The SMILES string of the molecule is Cc1ccc(OCCN)c(C(C)(C)C)c1.Cl. The van der Waals surface area contributed by atoms with Gasteiger partial charge in [-0.15, -0.1) is 12.4 Å². The first-order valence-electron chi connectivity index (χ1n) is 5.39. The Bertz CT molecular complexity index is 331. The third-order valence-corrected chi connectivity index (χ3v) is 2.32. The van der Waals surface area contributed by atoms with Gasteiger partial charge in [0, 0.05) is 6.54 Å². The monoisotopic (exact) mass is 243 g/mol. The maximum absolute atomic E-state index is 5.64. The Morgan fingerprint density at radius 1 is 1.25 bits per heavy atom. The zero-order chi connectivity index (χ0) is 11.5. The second kappa shape index (κ2) is 6.12. The highest BCUT2D eigenvalue weighted by Crippen LogP contribution is 2.31. The molecule has 1 rings (SSSR count). The second-order valence-electron chi connectivity index (χ2n) is 4.89. The third-order valence-electron chi connectivity index (χ3n) is 2.32. The number of nitrogens with two attached hydrogens (primary N) is 1. The molecule has 2 N–H and O–H groups in total. The van der Waals surface area contributed by atoms with Crippen molar-refractivity contribution < 1.29 is 4.74 Å². The summed E-state index contributed by atoms with van der Waals surface area (Å²) in [5.41, 5.74) is 8.06. The van der Waals surface area contributed by atoms with Crippen molar-refractivity contribution in [1.82, 2.24) is 0 Å². The molecule has 0 saturated heterocycles. The van der Waals surface area contributed by atoms with E-state index >= 15 is 0 Å². The van der Waals surface area contributed by atoms with Crippen LogP contribution in [-0.2, 0) is 5.41 Å². The number of hydrogen-bond acceptors (Lipinski definition) is 2. The van der Waals surface area contributed by atoms with Crippen molar-refractivity contribution in [2.45, 2.75) is 33.1 Å². The topological polar surface area (TPSA) is 35.2 Å². The van der Waals surface area contributed by atoms with Crippen LogP contribution in [0.1, 0.15) is 31.9 Å². The molecule has 0 bridgehead atoms. The van der Waals surface area contributed by atoms with Gasteiger partial charge in [-0.2, -0.15) is 0 Å². The van der Waals surface area contributed by atoms with E-state index in [9.17, 15) is 0 Å². The van der Waals surface area contributed by atoms with Crippen LogP contribution >= 0.6 is 12.4 Å². The molecule has 2 nitrogen and oxygen atoms in total. The van der Waals surface area contributed by atoms with Crippen LogP contribution in [0, 0.1) is 6.92 Å². The highest BCUT2D eigenvalue weighted by molar-refractivity contribution is 5.85. The van der Waals surface area contributed by atoms with E-state index in [1.54, 1.807) is 0 Å². The van der Waals surface area contributed by atoms with Gasteiger partial charge in [0.05, 0.1) is 0 Å². The van der Waals surface area contributed by atoms with E-state index in [1.165, 1.54) is 11.1 Å². The van der Waals surface area contributed by atoms with Crippen LogP contribution in [0.3, 0.4) is 0 Å². The van der Waals surface area contributed by atoms with Crippen molar-refractivity contribution in [3.8, 4) is 5.75 Å². The Balaban J connectivity index is 0.00000225. The molecular formula is C13H22ClNO. The molecule has 0 saturated carbocycles. The zero-order valence-corrected chi connectivity index (χ0v) is 11.4. The molecule has 0 amide bonds. The minimum atomic E-state index is 0. The van der Waals surface area contributed by atoms with Gasteiger partial charge in [0.1, 0.15) is 12.4 Å². The Labute approximate surface area is 105 Å². The van der Waals surface area contributed by atoms with Gasteiger partial charge in [0.15, 0.2) is 0 Å². The molecule has 0 aliphatic carbocycles. The van der Waals surface area contributed by atoms with Crippen LogP contribution in [0.2, 0.25) is 0 Å². The lowest BCUT2D eigenvalue weighted by molar-refractivity contribution is 0.318. The first-order valence-corrected chi connectivity index (χ1v) is 5.39. The summed E-state index contributed by atoms with van der Waals surface area (Å²) in [4.78, 5) is 0. The van der Waals surface area contributed by atoms with Crippen LogP contribution in [0.5, 0.6) is 5.75 Å².